The van der Waals surface area contributed by atoms with Gasteiger partial charge in [0.2, 0.25) is 17.7 Å². The molecular weight excluding hydrogens is 478 g/mol. The number of amides is 4. The van der Waals surface area contributed by atoms with Crippen LogP contribution in [0.15, 0.2) is 90.5 Å². The lowest BCUT2D eigenvalue weighted by Crippen LogP contribution is -2.30. The van der Waals surface area contributed by atoms with Crippen LogP contribution in [0, 0.1) is 11.8 Å². The van der Waals surface area contributed by atoms with E-state index in [1.54, 1.807) is 48.5 Å². The number of nitrogens with zero attached hydrogens (tertiary/aromatic N) is 1. The number of fused-ring (bicyclic) bond motifs is 1. The van der Waals surface area contributed by atoms with E-state index >= 15 is 0 Å². The monoisotopic (exact) mass is 507 g/mol. The van der Waals surface area contributed by atoms with Gasteiger partial charge in [-0.1, -0.05) is 42.0 Å². The average molecular weight is 508 g/mol. The number of anilines is 3. The molecule has 1 aliphatic heterocycles. The molecule has 38 heavy (non-hydrogen) atoms. The molecule has 0 spiro atoms. The van der Waals surface area contributed by atoms with Crippen LogP contribution in [0.2, 0.25) is 0 Å². The number of carbonyl (C=O) groups is 4. The Morgan fingerprint density at radius 2 is 1.45 bits per heavy atom. The molecule has 3 aromatic rings. The van der Waals surface area contributed by atoms with E-state index in [4.69, 9.17) is 0 Å². The number of carbonyl (C=O) groups excluding carboxylic acids is 4. The van der Waals surface area contributed by atoms with Gasteiger partial charge in [0.25, 0.3) is 5.91 Å². The second-order valence-electron chi connectivity index (χ2n) is 9.83. The minimum atomic E-state index is -0.316. The summed E-state index contributed by atoms with van der Waals surface area (Å²) in [6, 6.07) is 23.2. The smallest absolute Gasteiger partial charge is 0.255 e. The third kappa shape index (κ3) is 5.42. The van der Waals surface area contributed by atoms with E-state index in [-0.39, 0.29) is 35.5 Å². The topological polar surface area (TPSA) is 95.6 Å². The molecule has 2 aliphatic rings. The first kappa shape index (κ1) is 25.1. The second kappa shape index (κ2) is 10.8. The summed E-state index contributed by atoms with van der Waals surface area (Å²) in [6.45, 7) is 1.99. The molecule has 1 fully saturated rings. The first-order chi connectivity index (χ1) is 18.4. The van der Waals surface area contributed by atoms with Crippen molar-refractivity contribution in [2.45, 2.75) is 32.6 Å². The van der Waals surface area contributed by atoms with Crippen LogP contribution in [0.3, 0.4) is 0 Å². The normalized spacial score (nSPS) is 18.6. The number of imide groups is 1. The van der Waals surface area contributed by atoms with Gasteiger partial charge in [0.1, 0.15) is 0 Å². The largest absolute Gasteiger partial charge is 0.326 e. The molecule has 7 nitrogen and oxygen atoms in total. The molecule has 1 aliphatic carbocycles. The maximum absolute atomic E-state index is 12.9. The fourth-order valence-electron chi connectivity index (χ4n) is 5.02. The zero-order valence-electron chi connectivity index (χ0n) is 21.1. The predicted molar refractivity (Wildman–Crippen MR) is 147 cm³/mol. The highest BCUT2D eigenvalue weighted by Gasteiger charge is 2.48. The fourth-order valence-corrected chi connectivity index (χ4v) is 5.02. The van der Waals surface area contributed by atoms with Crippen LogP contribution in [0.1, 0.15) is 42.1 Å². The van der Waals surface area contributed by atoms with E-state index in [2.05, 4.69) is 10.6 Å². The average Bonchev–Trinajstić information content (AvgIpc) is 3.18. The second-order valence-corrected chi connectivity index (χ2v) is 9.83. The molecule has 0 radical (unpaired) electrons. The van der Waals surface area contributed by atoms with Crippen molar-refractivity contribution in [2.24, 2.45) is 11.8 Å². The number of aryl methyl sites for hydroxylation is 1. The van der Waals surface area contributed by atoms with Crippen molar-refractivity contribution in [1.29, 1.82) is 0 Å². The summed E-state index contributed by atoms with van der Waals surface area (Å²) >= 11 is 0. The number of rotatable bonds is 7. The Hall–Kier alpha value is -4.52. The maximum atomic E-state index is 12.9. The van der Waals surface area contributed by atoms with Crippen molar-refractivity contribution in [3.05, 3.63) is 102 Å². The highest BCUT2D eigenvalue weighted by Crippen LogP contribution is 2.39. The van der Waals surface area contributed by atoms with Crippen LogP contribution in [-0.4, -0.2) is 23.6 Å². The Kier molecular flexibility index (Phi) is 7.18. The third-order valence-corrected chi connectivity index (χ3v) is 7.12. The van der Waals surface area contributed by atoms with Gasteiger partial charge < -0.3 is 10.6 Å². The molecule has 0 unspecified atom stereocenters. The lowest BCUT2D eigenvalue weighted by atomic mass is 9.82. The summed E-state index contributed by atoms with van der Waals surface area (Å²) in [6.07, 6.45) is 4.29. The third-order valence-electron chi connectivity index (χ3n) is 7.12. The molecular formula is C31H29N3O4. The van der Waals surface area contributed by atoms with Crippen LogP contribution < -0.4 is 15.5 Å². The van der Waals surface area contributed by atoms with Crippen molar-refractivity contribution in [1.82, 2.24) is 0 Å². The van der Waals surface area contributed by atoms with Gasteiger partial charge in [0.05, 0.1) is 17.5 Å². The van der Waals surface area contributed by atoms with E-state index in [0.717, 1.165) is 11.1 Å². The summed E-state index contributed by atoms with van der Waals surface area (Å²) in [4.78, 5) is 52.1. The van der Waals surface area contributed by atoms with Crippen molar-refractivity contribution < 1.29 is 19.2 Å². The lowest BCUT2D eigenvalue weighted by Gasteiger charge is -2.18. The van der Waals surface area contributed by atoms with Crippen molar-refractivity contribution in [3.8, 4) is 0 Å². The van der Waals surface area contributed by atoms with Gasteiger partial charge in [0, 0.05) is 23.4 Å². The summed E-state index contributed by atoms with van der Waals surface area (Å²) in [7, 11) is 0. The quantitative estimate of drug-likeness (QED) is 0.333. The SMILES string of the molecule is CC1=CC[C@@H]2C(=O)N(c3ccc(C(=O)Nc4ccc(NC(=O)CCc5ccccc5)cc4)cc3)C(=O)[C@H]2C1. The molecule has 0 bridgehead atoms. The van der Waals surface area contributed by atoms with Crippen LogP contribution >= 0.6 is 0 Å². The zero-order valence-corrected chi connectivity index (χ0v) is 21.1. The van der Waals surface area contributed by atoms with Crippen LogP contribution in [0.5, 0.6) is 0 Å². The van der Waals surface area contributed by atoms with E-state index in [1.165, 1.54) is 4.90 Å². The fraction of sp³-hybridized carbons (Fsp3) is 0.226. The standard InChI is InChI=1S/C31H29N3O4/c1-20-7-17-26-27(19-20)31(38)34(30(26)37)25-15-9-22(10-16-25)29(36)33-24-13-11-23(12-14-24)32-28(35)18-8-21-5-3-2-4-6-21/h2-7,9-16,26-27H,8,17-19H2,1H3,(H,32,35)(H,33,36)/t26-,27-/m0/s1. The van der Waals surface area contributed by atoms with Gasteiger partial charge in [-0.2, -0.15) is 0 Å². The Bertz CT molecular complexity index is 1400. The molecule has 2 N–H and O–H groups in total. The van der Waals surface area contributed by atoms with Crippen molar-refractivity contribution >= 4 is 40.7 Å². The molecule has 192 valence electrons. The summed E-state index contributed by atoms with van der Waals surface area (Å²) in [5.41, 5.74) is 4.36. The summed E-state index contributed by atoms with van der Waals surface area (Å²) in [5.74, 6) is -1.34. The molecule has 3 aromatic carbocycles. The molecule has 2 atom stereocenters. The highest BCUT2D eigenvalue weighted by molar-refractivity contribution is 6.22. The Morgan fingerprint density at radius 3 is 2.13 bits per heavy atom. The predicted octanol–water partition coefficient (Wildman–Crippen LogP) is 5.36. The van der Waals surface area contributed by atoms with Crippen molar-refractivity contribution in [2.75, 3.05) is 15.5 Å². The van der Waals surface area contributed by atoms with Gasteiger partial charge in [-0.25, -0.2) is 0 Å². The zero-order chi connectivity index (χ0) is 26.6. The Morgan fingerprint density at radius 1 is 0.816 bits per heavy atom. The number of hydrogen-bond donors (Lipinski definition) is 2. The molecule has 4 amide bonds. The summed E-state index contributed by atoms with van der Waals surface area (Å²) in [5, 5.41) is 5.70. The molecule has 0 saturated carbocycles. The Balaban J connectivity index is 1.16. The number of nitrogens with one attached hydrogen (secondary N) is 2. The van der Waals surface area contributed by atoms with E-state index in [0.29, 0.717) is 48.3 Å². The first-order valence-corrected chi connectivity index (χ1v) is 12.8. The molecule has 0 aromatic heterocycles. The molecule has 1 saturated heterocycles. The number of hydrogen-bond acceptors (Lipinski definition) is 4. The molecule has 7 heteroatoms. The maximum Gasteiger partial charge on any atom is 0.255 e. The lowest BCUT2D eigenvalue weighted by molar-refractivity contribution is -0.122. The van der Waals surface area contributed by atoms with Crippen LogP contribution in [0.25, 0.3) is 0 Å². The van der Waals surface area contributed by atoms with E-state index in [1.807, 2.05) is 43.3 Å². The number of allylic oxidation sites excluding steroid dienone is 2. The number of benzene rings is 3. The van der Waals surface area contributed by atoms with Crippen molar-refractivity contribution in [3.63, 3.8) is 0 Å². The van der Waals surface area contributed by atoms with Crippen LogP contribution in [-0.2, 0) is 20.8 Å². The summed E-state index contributed by atoms with van der Waals surface area (Å²) < 4.78 is 0. The van der Waals surface area contributed by atoms with E-state index < -0.39 is 0 Å². The van der Waals surface area contributed by atoms with Gasteiger partial charge in [0.15, 0.2) is 0 Å². The minimum Gasteiger partial charge on any atom is -0.326 e. The Labute approximate surface area is 221 Å². The molecule has 1 heterocycles. The van der Waals surface area contributed by atoms with Crippen LogP contribution in [0.4, 0.5) is 17.1 Å². The van der Waals surface area contributed by atoms with Gasteiger partial charge in [-0.05, 0) is 80.3 Å². The minimum absolute atomic E-state index is 0.0775. The van der Waals surface area contributed by atoms with Gasteiger partial charge in [-0.15, -0.1) is 0 Å². The van der Waals surface area contributed by atoms with Gasteiger partial charge in [-0.3, -0.25) is 24.1 Å². The highest BCUT2D eigenvalue weighted by atomic mass is 16.2. The first-order valence-electron chi connectivity index (χ1n) is 12.8. The van der Waals surface area contributed by atoms with E-state index in [9.17, 15) is 19.2 Å². The van der Waals surface area contributed by atoms with Gasteiger partial charge >= 0.3 is 0 Å². The molecule has 5 rings (SSSR count).